The highest BCUT2D eigenvalue weighted by atomic mass is 35.5. The van der Waals surface area contributed by atoms with Gasteiger partial charge >= 0.3 is 5.69 Å². The summed E-state index contributed by atoms with van der Waals surface area (Å²) in [4.78, 5) is 29.0. The zero-order valence-electron chi connectivity index (χ0n) is 17.6. The second-order valence-electron chi connectivity index (χ2n) is 7.09. The van der Waals surface area contributed by atoms with Crippen molar-refractivity contribution in [3.05, 3.63) is 63.8 Å². The normalized spacial score (nSPS) is 10.9. The second kappa shape index (κ2) is 9.27. The molecule has 0 bridgehead atoms. The van der Waals surface area contributed by atoms with Crippen LogP contribution in [0.3, 0.4) is 0 Å². The van der Waals surface area contributed by atoms with Gasteiger partial charge in [0.15, 0.2) is 11.6 Å². The summed E-state index contributed by atoms with van der Waals surface area (Å²) in [6, 6.07) is 6.48. The van der Waals surface area contributed by atoms with Gasteiger partial charge in [0.1, 0.15) is 23.2 Å². The Balaban J connectivity index is 1.80. The highest BCUT2D eigenvalue weighted by Crippen LogP contribution is 2.44. The first-order chi connectivity index (χ1) is 16.3. The maximum Gasteiger partial charge on any atom is 0.314 e. The van der Waals surface area contributed by atoms with E-state index in [0.29, 0.717) is 35.5 Å². The van der Waals surface area contributed by atoms with Gasteiger partial charge in [-0.25, -0.2) is 24.3 Å². The minimum atomic E-state index is -0.858. The van der Waals surface area contributed by atoms with Gasteiger partial charge in [-0.3, -0.25) is 10.1 Å². The molecule has 13 heteroatoms. The molecule has 174 valence electrons. The van der Waals surface area contributed by atoms with Gasteiger partial charge in [-0.15, -0.1) is 0 Å². The number of phenolic OH excluding ortho intramolecular Hbond substituents is 2. The number of anilines is 4. The number of nitro benzene ring substituents is 1. The molecular weight excluding hydrogens is 469 g/mol. The van der Waals surface area contributed by atoms with Gasteiger partial charge in [0, 0.05) is 18.3 Å². The third kappa shape index (κ3) is 4.30. The number of benzene rings is 2. The zero-order valence-corrected chi connectivity index (χ0v) is 18.4. The molecule has 11 nitrogen and oxygen atoms in total. The fourth-order valence-electron chi connectivity index (χ4n) is 3.25. The molecule has 0 atom stereocenters. The van der Waals surface area contributed by atoms with Crippen molar-refractivity contribution in [2.24, 2.45) is 0 Å². The van der Waals surface area contributed by atoms with Gasteiger partial charge in [0.05, 0.1) is 21.8 Å². The SMILES string of the molecule is CCCN(c1ncc2ncnc(Nc3ccc(F)c(Cl)c3)c2n1)c1ccc([N+](=O)[O-])c(O)c1O. The van der Waals surface area contributed by atoms with Gasteiger partial charge < -0.3 is 20.4 Å². The van der Waals surface area contributed by atoms with E-state index in [4.69, 9.17) is 11.6 Å². The highest BCUT2D eigenvalue weighted by molar-refractivity contribution is 6.31. The van der Waals surface area contributed by atoms with Crippen LogP contribution in [0.25, 0.3) is 11.0 Å². The van der Waals surface area contributed by atoms with Crippen LogP contribution in [0.1, 0.15) is 13.3 Å². The first-order valence-corrected chi connectivity index (χ1v) is 10.3. The number of nitro groups is 1. The number of hydrogen-bond donors (Lipinski definition) is 3. The minimum Gasteiger partial charge on any atom is -0.503 e. The molecule has 0 saturated carbocycles. The number of rotatable bonds is 7. The summed E-state index contributed by atoms with van der Waals surface area (Å²) in [5.41, 5.74) is 0.646. The lowest BCUT2D eigenvalue weighted by Gasteiger charge is -2.23. The summed E-state index contributed by atoms with van der Waals surface area (Å²) < 4.78 is 13.5. The van der Waals surface area contributed by atoms with E-state index in [9.17, 15) is 24.7 Å². The minimum absolute atomic E-state index is 0.0683. The van der Waals surface area contributed by atoms with Crippen LogP contribution in [0.5, 0.6) is 11.5 Å². The van der Waals surface area contributed by atoms with Crippen LogP contribution < -0.4 is 10.2 Å². The number of halogens is 2. The van der Waals surface area contributed by atoms with Gasteiger partial charge in [-0.05, 0) is 30.7 Å². The number of phenols is 2. The predicted octanol–water partition coefficient (Wildman–Crippen LogP) is 4.82. The Hall–Kier alpha value is -4.32. The molecule has 2 aromatic carbocycles. The monoisotopic (exact) mass is 485 g/mol. The Kier molecular flexibility index (Phi) is 6.23. The molecule has 0 fully saturated rings. The summed E-state index contributed by atoms with van der Waals surface area (Å²) >= 11 is 5.86. The van der Waals surface area contributed by atoms with Crippen molar-refractivity contribution >= 4 is 51.5 Å². The topological polar surface area (TPSA) is 150 Å². The number of aromatic hydroxyl groups is 2. The molecule has 0 aliphatic heterocycles. The molecule has 0 radical (unpaired) electrons. The number of nitrogens with one attached hydrogen (secondary N) is 1. The molecule has 0 unspecified atom stereocenters. The van der Waals surface area contributed by atoms with Gasteiger partial charge in [-0.2, -0.15) is 0 Å². The van der Waals surface area contributed by atoms with E-state index in [1.54, 1.807) is 0 Å². The number of fused-ring (bicyclic) bond motifs is 1. The maximum atomic E-state index is 13.5. The average molecular weight is 486 g/mol. The Bertz CT molecular complexity index is 1410. The molecule has 0 aliphatic carbocycles. The molecule has 4 aromatic rings. The molecule has 0 aliphatic rings. The van der Waals surface area contributed by atoms with Crippen molar-refractivity contribution in [2.45, 2.75) is 13.3 Å². The van der Waals surface area contributed by atoms with Crippen LogP contribution in [-0.4, -0.2) is 41.6 Å². The van der Waals surface area contributed by atoms with Crippen molar-refractivity contribution in [3.63, 3.8) is 0 Å². The van der Waals surface area contributed by atoms with Gasteiger partial charge in [-0.1, -0.05) is 18.5 Å². The van der Waals surface area contributed by atoms with E-state index in [-0.39, 0.29) is 16.7 Å². The zero-order chi connectivity index (χ0) is 24.4. The first-order valence-electron chi connectivity index (χ1n) is 9.96. The van der Waals surface area contributed by atoms with E-state index in [1.807, 2.05) is 6.92 Å². The molecule has 34 heavy (non-hydrogen) atoms. The number of aromatic nitrogens is 4. The second-order valence-corrected chi connectivity index (χ2v) is 7.50. The molecular formula is C21H17ClFN7O4. The van der Waals surface area contributed by atoms with Gasteiger partial charge in [0.2, 0.25) is 11.7 Å². The van der Waals surface area contributed by atoms with Gasteiger partial charge in [0.25, 0.3) is 0 Å². The van der Waals surface area contributed by atoms with Crippen molar-refractivity contribution in [3.8, 4) is 11.5 Å². The summed E-state index contributed by atoms with van der Waals surface area (Å²) in [7, 11) is 0. The van der Waals surface area contributed by atoms with Crippen molar-refractivity contribution in [1.82, 2.24) is 19.9 Å². The van der Waals surface area contributed by atoms with E-state index in [1.165, 1.54) is 41.7 Å². The van der Waals surface area contributed by atoms with Crippen LogP contribution in [0.15, 0.2) is 42.9 Å². The van der Waals surface area contributed by atoms with E-state index < -0.39 is 27.9 Å². The average Bonchev–Trinajstić information content (AvgIpc) is 2.82. The Morgan fingerprint density at radius 1 is 1.18 bits per heavy atom. The fourth-order valence-corrected chi connectivity index (χ4v) is 3.43. The predicted molar refractivity (Wildman–Crippen MR) is 124 cm³/mol. The van der Waals surface area contributed by atoms with Crippen LogP contribution in [0.2, 0.25) is 5.02 Å². The summed E-state index contributed by atoms with van der Waals surface area (Å²) in [5.74, 6) is -1.67. The van der Waals surface area contributed by atoms with E-state index in [2.05, 4.69) is 25.3 Å². The van der Waals surface area contributed by atoms with Crippen LogP contribution in [0.4, 0.5) is 33.2 Å². The van der Waals surface area contributed by atoms with Crippen LogP contribution >= 0.6 is 11.6 Å². The first kappa shape index (κ1) is 22.9. The summed E-state index contributed by atoms with van der Waals surface area (Å²) in [6.45, 7) is 2.20. The van der Waals surface area contributed by atoms with E-state index >= 15 is 0 Å². The third-order valence-corrected chi connectivity index (χ3v) is 5.12. The smallest absolute Gasteiger partial charge is 0.314 e. The third-order valence-electron chi connectivity index (χ3n) is 4.83. The lowest BCUT2D eigenvalue weighted by molar-refractivity contribution is -0.385. The molecule has 3 N–H and O–H groups in total. The lowest BCUT2D eigenvalue weighted by Crippen LogP contribution is -2.21. The molecule has 0 amide bonds. The summed E-state index contributed by atoms with van der Waals surface area (Å²) in [6.07, 6.45) is 3.36. The summed E-state index contributed by atoms with van der Waals surface area (Å²) in [5, 5.41) is 34.6. The molecule has 2 aromatic heterocycles. The molecule has 4 rings (SSSR count). The lowest BCUT2D eigenvalue weighted by atomic mass is 10.2. The van der Waals surface area contributed by atoms with Crippen LogP contribution in [-0.2, 0) is 0 Å². The van der Waals surface area contributed by atoms with Crippen LogP contribution in [0, 0.1) is 15.9 Å². The Morgan fingerprint density at radius 2 is 1.97 bits per heavy atom. The molecule has 2 heterocycles. The number of nitrogens with zero attached hydrogens (tertiary/aromatic N) is 6. The van der Waals surface area contributed by atoms with Crippen molar-refractivity contribution in [1.29, 1.82) is 0 Å². The fraction of sp³-hybridized carbons (Fsp3) is 0.143. The molecule has 0 saturated heterocycles. The van der Waals surface area contributed by atoms with E-state index in [0.717, 1.165) is 6.07 Å². The van der Waals surface area contributed by atoms with Crippen molar-refractivity contribution < 1.29 is 19.5 Å². The highest BCUT2D eigenvalue weighted by Gasteiger charge is 2.25. The Morgan fingerprint density at radius 3 is 2.68 bits per heavy atom. The quantitative estimate of drug-likeness (QED) is 0.189. The number of hydrogen-bond acceptors (Lipinski definition) is 10. The maximum absolute atomic E-state index is 13.5. The van der Waals surface area contributed by atoms with Crippen molar-refractivity contribution in [2.75, 3.05) is 16.8 Å². The standard InChI is InChI=1S/C21H17ClFN7O4/c1-2-7-29(15-5-6-16(30(33)34)19(32)18(15)31)21-24-9-14-17(28-21)20(26-10-25-14)27-11-3-4-13(23)12(22)8-11/h3-6,8-10,31-32H,2,7H2,1H3,(H,25,26,27). The molecule has 0 spiro atoms. The Labute approximate surface area is 196 Å². The largest absolute Gasteiger partial charge is 0.503 e.